The zero-order valence-electron chi connectivity index (χ0n) is 30.2. The highest BCUT2D eigenvalue weighted by atomic mass is 16.4. The molecule has 0 bridgehead atoms. The summed E-state index contributed by atoms with van der Waals surface area (Å²) in [5.74, 6) is -9.05. The van der Waals surface area contributed by atoms with Crippen LogP contribution in [0.5, 0.6) is 0 Å². The fourth-order valence-electron chi connectivity index (χ4n) is 5.46. The Bertz CT molecular complexity index is 1330. The van der Waals surface area contributed by atoms with Gasteiger partial charge < -0.3 is 42.1 Å². The standard InChI is InChI=1S/C34H54N6O11/c1-8-10-21(29(46)24(41)15-17(2)3)36-32(49)23-11-9-14-40(23)34(51)28(19(6)7)39-33(50)27(18(4)5)38-31(48)22(12-13-25(42)43)37-30(47)20(35)16-26(44)45/h8,17-23,27-28H,1,9-16,35H2,2-7H3,(H,36,49)(H,37,47)(H,38,48)(H,39,50)(H,42,43)(H,44,45)/t20-,21+,22-,23-,27-,28-/m0/s1. The second-order valence-electron chi connectivity index (χ2n) is 13.8. The number of hydrogen-bond donors (Lipinski definition) is 7. The predicted octanol–water partition coefficient (Wildman–Crippen LogP) is -0.344. The maximum Gasteiger partial charge on any atom is 0.305 e. The molecular formula is C34H54N6O11. The van der Waals surface area contributed by atoms with Gasteiger partial charge in [0.2, 0.25) is 41.1 Å². The molecule has 0 spiro atoms. The minimum atomic E-state index is -1.53. The van der Waals surface area contributed by atoms with Crippen LogP contribution in [-0.4, -0.2) is 111 Å². The van der Waals surface area contributed by atoms with Crippen molar-refractivity contribution < 1.29 is 53.4 Å². The lowest BCUT2D eigenvalue weighted by molar-refractivity contribution is -0.144. The molecule has 286 valence electrons. The lowest BCUT2D eigenvalue weighted by Crippen LogP contribution is -2.61. The molecule has 0 aliphatic carbocycles. The number of rotatable bonds is 22. The maximum absolute atomic E-state index is 13.9. The molecule has 17 nitrogen and oxygen atoms in total. The molecule has 1 aliphatic heterocycles. The zero-order chi connectivity index (χ0) is 39.2. The van der Waals surface area contributed by atoms with Gasteiger partial charge in [-0.25, -0.2) is 0 Å². The van der Waals surface area contributed by atoms with E-state index >= 15 is 0 Å². The second kappa shape index (κ2) is 20.9. The molecular weight excluding hydrogens is 668 g/mol. The maximum atomic E-state index is 13.9. The highest BCUT2D eigenvalue weighted by molar-refractivity contribution is 6.39. The van der Waals surface area contributed by atoms with Gasteiger partial charge in [0.25, 0.3) is 0 Å². The van der Waals surface area contributed by atoms with E-state index in [0.717, 1.165) is 0 Å². The number of Topliss-reactive ketones (excluding diaryl/α,β-unsaturated/α-hetero) is 2. The van der Waals surface area contributed by atoms with E-state index in [1.165, 1.54) is 11.0 Å². The summed E-state index contributed by atoms with van der Waals surface area (Å²) < 4.78 is 0. The summed E-state index contributed by atoms with van der Waals surface area (Å²) in [5.41, 5.74) is 5.59. The Balaban J connectivity index is 3.18. The van der Waals surface area contributed by atoms with E-state index < -0.39 is 120 Å². The Hall–Kier alpha value is -4.67. The summed E-state index contributed by atoms with van der Waals surface area (Å²) in [4.78, 5) is 115. The lowest BCUT2D eigenvalue weighted by atomic mass is 9.97. The molecule has 0 radical (unpaired) electrons. The number of amides is 5. The van der Waals surface area contributed by atoms with Crippen molar-refractivity contribution in [3.05, 3.63) is 12.7 Å². The Morgan fingerprint density at radius 1 is 0.784 bits per heavy atom. The molecule has 51 heavy (non-hydrogen) atoms. The minimum absolute atomic E-state index is 0.0119. The molecule has 0 unspecified atom stereocenters. The fourth-order valence-corrected chi connectivity index (χ4v) is 5.46. The molecule has 0 aromatic carbocycles. The first-order valence-electron chi connectivity index (χ1n) is 17.1. The highest BCUT2D eigenvalue weighted by Gasteiger charge is 2.41. The number of carboxylic acids is 2. The molecule has 0 aromatic heterocycles. The van der Waals surface area contributed by atoms with Gasteiger partial charge in [0.15, 0.2) is 0 Å². The Labute approximate surface area is 297 Å². The number of carboxylic acid groups (broad SMARTS) is 2. The van der Waals surface area contributed by atoms with Crippen LogP contribution >= 0.6 is 0 Å². The molecule has 1 heterocycles. The number of nitrogens with zero attached hydrogens (tertiary/aromatic N) is 1. The number of nitrogens with one attached hydrogen (secondary N) is 4. The fraction of sp³-hybridized carbons (Fsp3) is 0.676. The SMILES string of the molecule is C=CC[C@@H](NC(=O)[C@@H]1CCCN1C(=O)[C@@H](NC(=O)[C@@H](NC(=O)[C@H](CCC(=O)O)NC(=O)[C@@H](N)CC(=O)O)C(C)C)C(C)C)C(=O)C(=O)CC(C)C. The number of nitrogens with two attached hydrogens (primary N) is 1. The van der Waals surface area contributed by atoms with Crippen molar-refractivity contribution in [3.8, 4) is 0 Å². The van der Waals surface area contributed by atoms with E-state index in [9.17, 15) is 43.2 Å². The lowest BCUT2D eigenvalue weighted by Gasteiger charge is -2.33. The molecule has 8 N–H and O–H groups in total. The van der Waals surface area contributed by atoms with Crippen molar-refractivity contribution in [2.24, 2.45) is 23.5 Å². The van der Waals surface area contributed by atoms with Gasteiger partial charge in [-0.2, -0.15) is 0 Å². The molecule has 0 saturated carbocycles. The van der Waals surface area contributed by atoms with Crippen molar-refractivity contribution in [3.63, 3.8) is 0 Å². The summed E-state index contributed by atoms with van der Waals surface area (Å²) >= 11 is 0. The molecule has 17 heteroatoms. The van der Waals surface area contributed by atoms with Crippen molar-refractivity contribution in [1.29, 1.82) is 0 Å². The number of aliphatic carboxylic acids is 2. The Kier molecular flexibility index (Phi) is 18.2. The average Bonchev–Trinajstić information content (AvgIpc) is 3.52. The van der Waals surface area contributed by atoms with Crippen molar-refractivity contribution >= 4 is 53.0 Å². The third-order valence-corrected chi connectivity index (χ3v) is 8.23. The van der Waals surface area contributed by atoms with E-state index in [4.69, 9.17) is 15.9 Å². The van der Waals surface area contributed by atoms with Crippen LogP contribution in [0.15, 0.2) is 12.7 Å². The van der Waals surface area contributed by atoms with E-state index in [0.29, 0.717) is 6.42 Å². The number of ketones is 2. The number of carbonyl (C=O) groups excluding carboxylic acids is 7. The van der Waals surface area contributed by atoms with Crippen LogP contribution in [0.25, 0.3) is 0 Å². The Morgan fingerprint density at radius 2 is 1.37 bits per heavy atom. The second-order valence-corrected chi connectivity index (χ2v) is 13.8. The summed E-state index contributed by atoms with van der Waals surface area (Å²) in [6.07, 6.45) is 0.487. The molecule has 1 aliphatic rings. The first-order chi connectivity index (χ1) is 23.7. The molecule has 6 atom stereocenters. The van der Waals surface area contributed by atoms with Crippen LogP contribution < -0.4 is 27.0 Å². The predicted molar refractivity (Wildman–Crippen MR) is 184 cm³/mol. The number of carbonyl (C=O) groups is 9. The van der Waals surface area contributed by atoms with Crippen LogP contribution in [0.3, 0.4) is 0 Å². The smallest absolute Gasteiger partial charge is 0.305 e. The van der Waals surface area contributed by atoms with Gasteiger partial charge in [0.1, 0.15) is 24.2 Å². The van der Waals surface area contributed by atoms with E-state index in [2.05, 4.69) is 27.8 Å². The molecule has 1 saturated heterocycles. The van der Waals surface area contributed by atoms with Gasteiger partial charge in [-0.15, -0.1) is 6.58 Å². The van der Waals surface area contributed by atoms with Crippen LogP contribution in [0.2, 0.25) is 0 Å². The summed E-state index contributed by atoms with van der Waals surface area (Å²) in [5, 5.41) is 28.1. The quantitative estimate of drug-likeness (QED) is 0.0559. The van der Waals surface area contributed by atoms with Crippen LogP contribution in [0.4, 0.5) is 0 Å². The first-order valence-corrected chi connectivity index (χ1v) is 17.1. The van der Waals surface area contributed by atoms with E-state index in [-0.39, 0.29) is 31.7 Å². The van der Waals surface area contributed by atoms with Gasteiger partial charge in [0.05, 0.1) is 18.5 Å². The monoisotopic (exact) mass is 722 g/mol. The average molecular weight is 723 g/mol. The van der Waals surface area contributed by atoms with Gasteiger partial charge in [-0.05, 0) is 43.4 Å². The third-order valence-electron chi connectivity index (χ3n) is 8.23. The summed E-state index contributed by atoms with van der Waals surface area (Å²) in [7, 11) is 0. The van der Waals surface area contributed by atoms with Gasteiger partial charge >= 0.3 is 11.9 Å². The minimum Gasteiger partial charge on any atom is -0.481 e. The first kappa shape index (κ1) is 44.4. The van der Waals surface area contributed by atoms with Crippen LogP contribution in [0, 0.1) is 17.8 Å². The number of likely N-dealkylation sites (tertiary alicyclic amines) is 1. The molecule has 5 amide bonds. The summed E-state index contributed by atoms with van der Waals surface area (Å²) in [6.45, 7) is 13.9. The molecule has 0 aromatic rings. The van der Waals surface area contributed by atoms with E-state index in [1.807, 2.05) is 0 Å². The number of hydrogen-bond acceptors (Lipinski definition) is 10. The van der Waals surface area contributed by atoms with Gasteiger partial charge in [-0.3, -0.25) is 43.2 Å². The zero-order valence-corrected chi connectivity index (χ0v) is 30.2. The van der Waals surface area contributed by atoms with Crippen LogP contribution in [-0.2, 0) is 43.2 Å². The van der Waals surface area contributed by atoms with Crippen molar-refractivity contribution in [2.45, 2.75) is 123 Å². The van der Waals surface area contributed by atoms with Gasteiger partial charge in [-0.1, -0.05) is 47.6 Å². The molecule has 1 fully saturated rings. The highest BCUT2D eigenvalue weighted by Crippen LogP contribution is 2.21. The van der Waals surface area contributed by atoms with Gasteiger partial charge in [0, 0.05) is 19.4 Å². The van der Waals surface area contributed by atoms with E-state index in [1.54, 1.807) is 41.5 Å². The Morgan fingerprint density at radius 3 is 1.88 bits per heavy atom. The van der Waals surface area contributed by atoms with Crippen molar-refractivity contribution in [2.75, 3.05) is 6.54 Å². The topological polar surface area (TPSA) is 271 Å². The largest absolute Gasteiger partial charge is 0.481 e. The summed E-state index contributed by atoms with van der Waals surface area (Å²) in [6, 6.07) is -7.56. The third kappa shape index (κ3) is 14.2. The van der Waals surface area contributed by atoms with Crippen LogP contribution in [0.1, 0.15) is 86.5 Å². The molecule has 1 rings (SSSR count). The normalized spacial score (nSPS) is 17.1. The van der Waals surface area contributed by atoms with Crippen molar-refractivity contribution in [1.82, 2.24) is 26.2 Å².